The first-order valence-corrected chi connectivity index (χ1v) is 8.89. The highest BCUT2D eigenvalue weighted by atomic mass is 35.5. The summed E-state index contributed by atoms with van der Waals surface area (Å²) in [6, 6.07) is 3.81. The number of halogens is 2. The summed E-state index contributed by atoms with van der Waals surface area (Å²) in [5.74, 6) is 0.0149. The smallest absolute Gasteiger partial charge is 0.225 e. The Labute approximate surface area is 157 Å². The average Bonchev–Trinajstić information content (AvgIpc) is 2.92. The van der Waals surface area contributed by atoms with Crippen LogP contribution in [-0.4, -0.2) is 55.2 Å². The molecular formula is C16H21Cl2N3O2S. The predicted molar refractivity (Wildman–Crippen MR) is 102 cm³/mol. The van der Waals surface area contributed by atoms with Crippen LogP contribution in [0.2, 0.25) is 5.02 Å². The molecule has 2 aromatic rings. The van der Waals surface area contributed by atoms with Gasteiger partial charge in [0.1, 0.15) is 0 Å². The molecule has 3 rings (SSSR count). The SMILES string of the molecule is CC(=O)N(CCN1CCOCC1)c1nc2c(C)cc(Cl)cc2s1.Cl. The van der Waals surface area contributed by atoms with Crippen molar-refractivity contribution in [2.24, 2.45) is 0 Å². The fourth-order valence-corrected chi connectivity index (χ4v) is 4.20. The lowest BCUT2D eigenvalue weighted by molar-refractivity contribution is -0.116. The van der Waals surface area contributed by atoms with E-state index in [1.165, 1.54) is 11.3 Å². The first-order chi connectivity index (χ1) is 11.0. The van der Waals surface area contributed by atoms with Gasteiger partial charge in [0.2, 0.25) is 5.91 Å². The minimum atomic E-state index is 0. The number of aromatic nitrogens is 1. The summed E-state index contributed by atoms with van der Waals surface area (Å²) in [6.45, 7) is 8.41. The standard InChI is InChI=1S/C16H20ClN3O2S.ClH/c1-11-9-13(17)10-14-15(11)18-16(23-14)20(12(2)21)4-3-19-5-7-22-8-6-19;/h9-10H,3-8H2,1-2H3;1H. The van der Waals surface area contributed by atoms with Gasteiger partial charge >= 0.3 is 0 Å². The van der Waals surface area contributed by atoms with Crippen LogP contribution in [0.3, 0.4) is 0 Å². The minimum absolute atomic E-state index is 0. The van der Waals surface area contributed by atoms with Gasteiger partial charge < -0.3 is 4.74 Å². The van der Waals surface area contributed by atoms with E-state index >= 15 is 0 Å². The summed E-state index contributed by atoms with van der Waals surface area (Å²) < 4.78 is 6.37. The van der Waals surface area contributed by atoms with Gasteiger partial charge in [-0.05, 0) is 24.6 Å². The van der Waals surface area contributed by atoms with Crippen molar-refractivity contribution in [3.63, 3.8) is 0 Å². The maximum Gasteiger partial charge on any atom is 0.225 e. The first-order valence-electron chi connectivity index (χ1n) is 7.69. The molecule has 1 aliphatic rings. The number of nitrogens with zero attached hydrogens (tertiary/aromatic N) is 3. The van der Waals surface area contributed by atoms with E-state index in [1.807, 2.05) is 19.1 Å². The highest BCUT2D eigenvalue weighted by molar-refractivity contribution is 7.22. The van der Waals surface area contributed by atoms with Crippen LogP contribution in [0.15, 0.2) is 12.1 Å². The number of fused-ring (bicyclic) bond motifs is 1. The Morgan fingerprint density at radius 1 is 1.42 bits per heavy atom. The molecule has 1 aliphatic heterocycles. The molecule has 0 spiro atoms. The molecule has 1 saturated heterocycles. The van der Waals surface area contributed by atoms with Crippen molar-refractivity contribution in [3.8, 4) is 0 Å². The van der Waals surface area contributed by atoms with Gasteiger partial charge in [0.25, 0.3) is 0 Å². The number of carbonyl (C=O) groups excluding carboxylic acids is 1. The van der Waals surface area contributed by atoms with Crippen LogP contribution in [0.25, 0.3) is 10.2 Å². The third-order valence-corrected chi connectivity index (χ3v) is 5.24. The van der Waals surface area contributed by atoms with Crippen molar-refractivity contribution in [1.82, 2.24) is 9.88 Å². The Hall–Kier alpha value is -0.920. The van der Waals surface area contributed by atoms with Gasteiger partial charge in [-0.1, -0.05) is 22.9 Å². The highest BCUT2D eigenvalue weighted by Crippen LogP contribution is 2.33. The number of morpholine rings is 1. The quantitative estimate of drug-likeness (QED) is 0.803. The van der Waals surface area contributed by atoms with Gasteiger partial charge in [-0.15, -0.1) is 12.4 Å². The molecule has 0 aliphatic carbocycles. The summed E-state index contributed by atoms with van der Waals surface area (Å²) >= 11 is 7.63. The van der Waals surface area contributed by atoms with Gasteiger partial charge in [-0.2, -0.15) is 0 Å². The zero-order chi connectivity index (χ0) is 16.4. The number of carbonyl (C=O) groups is 1. The van der Waals surface area contributed by atoms with E-state index in [9.17, 15) is 4.79 Å². The molecule has 0 bridgehead atoms. The summed E-state index contributed by atoms with van der Waals surface area (Å²) in [5, 5.41) is 1.44. The second-order valence-electron chi connectivity index (χ2n) is 5.69. The number of hydrogen-bond donors (Lipinski definition) is 0. The molecule has 1 fully saturated rings. The van der Waals surface area contributed by atoms with E-state index in [0.717, 1.165) is 53.8 Å². The van der Waals surface area contributed by atoms with E-state index in [0.29, 0.717) is 11.6 Å². The molecule has 24 heavy (non-hydrogen) atoms. The van der Waals surface area contributed by atoms with E-state index in [1.54, 1.807) is 11.8 Å². The topological polar surface area (TPSA) is 45.7 Å². The van der Waals surface area contributed by atoms with Gasteiger partial charge in [0.15, 0.2) is 5.13 Å². The number of benzene rings is 1. The molecule has 0 radical (unpaired) electrons. The number of aryl methyl sites for hydroxylation is 1. The van der Waals surface area contributed by atoms with Gasteiger partial charge in [-0.3, -0.25) is 14.6 Å². The molecule has 1 aromatic carbocycles. The van der Waals surface area contributed by atoms with Crippen molar-refractivity contribution in [1.29, 1.82) is 0 Å². The average molecular weight is 390 g/mol. The van der Waals surface area contributed by atoms with Crippen molar-refractivity contribution in [2.75, 3.05) is 44.3 Å². The number of amides is 1. The summed E-state index contributed by atoms with van der Waals surface area (Å²) in [7, 11) is 0. The molecule has 0 saturated carbocycles. The predicted octanol–water partition coefficient (Wildman–Crippen LogP) is 3.37. The summed E-state index contributed by atoms with van der Waals surface area (Å²) in [4.78, 5) is 20.8. The first kappa shape index (κ1) is 19.4. The zero-order valence-corrected chi connectivity index (χ0v) is 16.1. The molecule has 1 aromatic heterocycles. The van der Waals surface area contributed by atoms with Crippen molar-refractivity contribution in [2.45, 2.75) is 13.8 Å². The molecule has 0 atom stereocenters. The Kier molecular flexibility index (Phi) is 6.83. The molecule has 5 nitrogen and oxygen atoms in total. The van der Waals surface area contributed by atoms with Crippen LogP contribution in [0.5, 0.6) is 0 Å². The van der Waals surface area contributed by atoms with E-state index in [-0.39, 0.29) is 18.3 Å². The highest BCUT2D eigenvalue weighted by Gasteiger charge is 2.19. The number of anilines is 1. The van der Waals surface area contributed by atoms with Crippen LogP contribution >= 0.6 is 35.3 Å². The number of ether oxygens (including phenoxy) is 1. The second-order valence-corrected chi connectivity index (χ2v) is 7.14. The molecular weight excluding hydrogens is 369 g/mol. The van der Waals surface area contributed by atoms with Crippen LogP contribution in [0.4, 0.5) is 5.13 Å². The molecule has 2 heterocycles. The molecule has 1 amide bonds. The van der Waals surface area contributed by atoms with Crippen LogP contribution in [0, 0.1) is 6.92 Å². The van der Waals surface area contributed by atoms with E-state index in [4.69, 9.17) is 16.3 Å². The summed E-state index contributed by atoms with van der Waals surface area (Å²) in [6.07, 6.45) is 0. The van der Waals surface area contributed by atoms with E-state index in [2.05, 4.69) is 9.88 Å². The maximum absolute atomic E-state index is 12.1. The normalized spacial score (nSPS) is 15.3. The lowest BCUT2D eigenvalue weighted by Gasteiger charge is -2.28. The third-order valence-electron chi connectivity index (χ3n) is 3.99. The van der Waals surface area contributed by atoms with Crippen LogP contribution in [-0.2, 0) is 9.53 Å². The summed E-state index contributed by atoms with van der Waals surface area (Å²) in [5.41, 5.74) is 1.96. The minimum Gasteiger partial charge on any atom is -0.379 e. The molecule has 8 heteroatoms. The molecule has 0 N–H and O–H groups in total. The lowest BCUT2D eigenvalue weighted by Crippen LogP contribution is -2.42. The largest absolute Gasteiger partial charge is 0.379 e. The van der Waals surface area contributed by atoms with Gasteiger partial charge in [0, 0.05) is 38.1 Å². The van der Waals surface area contributed by atoms with Gasteiger partial charge in [-0.25, -0.2) is 4.98 Å². The van der Waals surface area contributed by atoms with E-state index < -0.39 is 0 Å². The Morgan fingerprint density at radius 3 is 2.79 bits per heavy atom. The number of thiazole rings is 1. The third kappa shape index (κ3) is 4.37. The van der Waals surface area contributed by atoms with Crippen LogP contribution in [0.1, 0.15) is 12.5 Å². The second kappa shape index (κ2) is 8.45. The lowest BCUT2D eigenvalue weighted by atomic mass is 10.2. The zero-order valence-electron chi connectivity index (χ0n) is 13.7. The number of hydrogen-bond acceptors (Lipinski definition) is 5. The molecule has 0 unspecified atom stereocenters. The van der Waals surface area contributed by atoms with Crippen LogP contribution < -0.4 is 4.90 Å². The van der Waals surface area contributed by atoms with Crippen molar-refractivity contribution in [3.05, 3.63) is 22.7 Å². The fraction of sp³-hybridized carbons (Fsp3) is 0.500. The Morgan fingerprint density at radius 2 is 2.12 bits per heavy atom. The molecule has 132 valence electrons. The fourth-order valence-electron chi connectivity index (χ4n) is 2.71. The van der Waals surface area contributed by atoms with Crippen molar-refractivity contribution >= 4 is 56.6 Å². The monoisotopic (exact) mass is 389 g/mol. The van der Waals surface area contributed by atoms with Crippen molar-refractivity contribution < 1.29 is 9.53 Å². The Bertz CT molecular complexity index is 717. The van der Waals surface area contributed by atoms with Gasteiger partial charge in [0.05, 0.1) is 23.4 Å². The maximum atomic E-state index is 12.1. The number of rotatable bonds is 4. The Balaban J connectivity index is 0.00000208.